The lowest BCUT2D eigenvalue weighted by molar-refractivity contribution is 0.781. The van der Waals surface area contributed by atoms with E-state index in [1.54, 1.807) is 18.3 Å². The molecule has 1 N–H and O–H groups in total. The molecule has 1 aromatic heterocycles. The molecule has 1 heterocycles. The Balaban J connectivity index is 2.06. The van der Waals surface area contributed by atoms with Crippen LogP contribution in [0.15, 0.2) is 30.5 Å². The average Bonchev–Trinajstić information content (AvgIpc) is 2.71. The van der Waals surface area contributed by atoms with Gasteiger partial charge in [0.25, 0.3) is 0 Å². The Morgan fingerprint density at radius 1 is 1.43 bits per heavy atom. The fourth-order valence-corrected chi connectivity index (χ4v) is 1.52. The number of hydrogen-bond acceptors (Lipinski definition) is 3. The molecule has 0 unspecified atom stereocenters. The third-order valence-corrected chi connectivity index (χ3v) is 2.25. The number of rotatable bonds is 2. The first kappa shape index (κ1) is 8.76. The summed E-state index contributed by atoms with van der Waals surface area (Å²) in [6.07, 6.45) is 8.05. The molecule has 0 spiro atoms. The van der Waals surface area contributed by atoms with Crippen LogP contribution in [0.5, 0.6) is 0 Å². The number of nitrogens with zero attached hydrogens (tertiary/aromatic N) is 2. The summed E-state index contributed by atoms with van der Waals surface area (Å²) in [6.45, 7) is 0. The van der Waals surface area contributed by atoms with E-state index in [0.29, 0.717) is 11.6 Å². The molecule has 70 valence electrons. The molecule has 2 rings (SSSR count). The maximum absolute atomic E-state index is 8.70. The van der Waals surface area contributed by atoms with E-state index < -0.39 is 0 Å². The minimum absolute atomic E-state index is 0.441. The van der Waals surface area contributed by atoms with Crippen LogP contribution < -0.4 is 5.32 Å². The van der Waals surface area contributed by atoms with Crippen LogP contribution in [0.2, 0.25) is 0 Å². The molecule has 0 saturated heterocycles. The lowest BCUT2D eigenvalue weighted by Gasteiger charge is -2.12. The summed E-state index contributed by atoms with van der Waals surface area (Å²) >= 11 is 0. The number of nitrogens with one attached hydrogen (secondary N) is 1. The first-order valence-corrected chi connectivity index (χ1v) is 4.66. The fourth-order valence-electron chi connectivity index (χ4n) is 1.52. The van der Waals surface area contributed by atoms with E-state index in [0.717, 1.165) is 18.7 Å². The van der Waals surface area contributed by atoms with Gasteiger partial charge in [-0.15, -0.1) is 0 Å². The third kappa shape index (κ3) is 1.91. The Morgan fingerprint density at radius 3 is 2.93 bits per heavy atom. The summed E-state index contributed by atoms with van der Waals surface area (Å²) in [5, 5.41) is 12.0. The van der Waals surface area contributed by atoms with Crippen LogP contribution in [0.3, 0.4) is 0 Å². The van der Waals surface area contributed by atoms with Gasteiger partial charge in [-0.2, -0.15) is 5.26 Å². The molecule has 0 atom stereocenters. The highest BCUT2D eigenvalue weighted by Crippen LogP contribution is 2.15. The highest BCUT2D eigenvalue weighted by atomic mass is 15.0. The number of pyridine rings is 1. The molecule has 0 saturated carbocycles. The quantitative estimate of drug-likeness (QED) is 0.717. The minimum Gasteiger partial charge on any atom is -0.367 e. The van der Waals surface area contributed by atoms with Gasteiger partial charge in [0.2, 0.25) is 0 Å². The molecule has 0 aliphatic heterocycles. The number of aromatic nitrogens is 1. The maximum atomic E-state index is 8.70. The van der Waals surface area contributed by atoms with Crippen LogP contribution in [0.25, 0.3) is 0 Å². The SMILES string of the molecule is N#Cc1ccnc(NC2CC=CC2)c1. The van der Waals surface area contributed by atoms with Crippen molar-refractivity contribution >= 4 is 5.82 Å². The van der Waals surface area contributed by atoms with Crippen molar-refractivity contribution in [3.63, 3.8) is 0 Å². The minimum atomic E-state index is 0.441. The fraction of sp³-hybridized carbons (Fsp3) is 0.273. The maximum Gasteiger partial charge on any atom is 0.127 e. The Bertz CT molecular complexity index is 382. The molecule has 1 aromatic rings. The van der Waals surface area contributed by atoms with Gasteiger partial charge >= 0.3 is 0 Å². The molecule has 1 aliphatic carbocycles. The smallest absolute Gasteiger partial charge is 0.127 e. The van der Waals surface area contributed by atoms with E-state index in [2.05, 4.69) is 28.5 Å². The Morgan fingerprint density at radius 2 is 2.21 bits per heavy atom. The van der Waals surface area contributed by atoms with Gasteiger partial charge in [-0.3, -0.25) is 0 Å². The van der Waals surface area contributed by atoms with Gasteiger partial charge in [0.15, 0.2) is 0 Å². The van der Waals surface area contributed by atoms with Crippen LogP contribution in [-0.2, 0) is 0 Å². The van der Waals surface area contributed by atoms with E-state index in [9.17, 15) is 0 Å². The Hall–Kier alpha value is -1.82. The molecule has 0 fully saturated rings. The lowest BCUT2D eigenvalue weighted by atomic mass is 10.2. The molecule has 0 amide bonds. The second-order valence-electron chi connectivity index (χ2n) is 3.33. The van der Waals surface area contributed by atoms with Gasteiger partial charge < -0.3 is 5.32 Å². The summed E-state index contributed by atoms with van der Waals surface area (Å²) in [5.41, 5.74) is 0.647. The van der Waals surface area contributed by atoms with Crippen molar-refractivity contribution in [3.8, 4) is 6.07 Å². The zero-order valence-corrected chi connectivity index (χ0v) is 7.77. The van der Waals surface area contributed by atoms with Gasteiger partial charge in [-0.05, 0) is 25.0 Å². The molecule has 0 radical (unpaired) electrons. The van der Waals surface area contributed by atoms with E-state index in [1.165, 1.54) is 0 Å². The Kier molecular flexibility index (Phi) is 2.46. The predicted octanol–water partition coefficient (Wildman–Crippen LogP) is 2.08. The normalized spacial score (nSPS) is 15.4. The summed E-state index contributed by atoms with van der Waals surface area (Å²) < 4.78 is 0. The van der Waals surface area contributed by atoms with Crippen molar-refractivity contribution < 1.29 is 0 Å². The largest absolute Gasteiger partial charge is 0.367 e. The van der Waals surface area contributed by atoms with Gasteiger partial charge in [-0.1, -0.05) is 12.2 Å². The monoisotopic (exact) mass is 185 g/mol. The van der Waals surface area contributed by atoms with E-state index in [1.807, 2.05) is 0 Å². The first-order valence-electron chi connectivity index (χ1n) is 4.66. The van der Waals surface area contributed by atoms with Crippen molar-refractivity contribution in [3.05, 3.63) is 36.0 Å². The van der Waals surface area contributed by atoms with Crippen LogP contribution in [0, 0.1) is 11.3 Å². The van der Waals surface area contributed by atoms with E-state index in [4.69, 9.17) is 5.26 Å². The van der Waals surface area contributed by atoms with E-state index >= 15 is 0 Å². The van der Waals surface area contributed by atoms with E-state index in [-0.39, 0.29) is 0 Å². The van der Waals surface area contributed by atoms with Crippen molar-refractivity contribution in [2.75, 3.05) is 5.32 Å². The topological polar surface area (TPSA) is 48.7 Å². The lowest BCUT2D eigenvalue weighted by Crippen LogP contribution is -2.15. The zero-order valence-electron chi connectivity index (χ0n) is 7.77. The van der Waals surface area contributed by atoms with Crippen LogP contribution >= 0.6 is 0 Å². The standard InChI is InChI=1S/C11H11N3/c12-8-9-5-6-13-11(7-9)14-10-3-1-2-4-10/h1-2,5-7,10H,3-4H2,(H,13,14). The molecule has 14 heavy (non-hydrogen) atoms. The van der Waals surface area contributed by atoms with Gasteiger partial charge in [0, 0.05) is 12.2 Å². The number of anilines is 1. The summed E-state index contributed by atoms with van der Waals surface area (Å²) in [7, 11) is 0. The van der Waals surface area contributed by atoms with Crippen LogP contribution in [-0.4, -0.2) is 11.0 Å². The van der Waals surface area contributed by atoms with Crippen LogP contribution in [0.1, 0.15) is 18.4 Å². The molecule has 0 aromatic carbocycles. The summed E-state index contributed by atoms with van der Waals surface area (Å²) in [4.78, 5) is 4.16. The Labute approximate surface area is 83.1 Å². The highest BCUT2D eigenvalue weighted by molar-refractivity contribution is 5.43. The summed E-state index contributed by atoms with van der Waals surface area (Å²) in [5.74, 6) is 0.790. The molecule has 0 bridgehead atoms. The zero-order chi connectivity index (χ0) is 9.80. The number of nitriles is 1. The number of hydrogen-bond donors (Lipinski definition) is 1. The predicted molar refractivity (Wildman–Crippen MR) is 54.7 cm³/mol. The van der Waals surface area contributed by atoms with Crippen molar-refractivity contribution in [1.29, 1.82) is 5.26 Å². The van der Waals surface area contributed by atoms with Crippen LogP contribution in [0.4, 0.5) is 5.82 Å². The highest BCUT2D eigenvalue weighted by Gasteiger charge is 2.09. The van der Waals surface area contributed by atoms with Crippen molar-refractivity contribution in [2.24, 2.45) is 0 Å². The van der Waals surface area contributed by atoms with Crippen molar-refractivity contribution in [2.45, 2.75) is 18.9 Å². The molecule has 1 aliphatic rings. The van der Waals surface area contributed by atoms with Gasteiger partial charge in [0.1, 0.15) is 5.82 Å². The molecular weight excluding hydrogens is 174 g/mol. The van der Waals surface area contributed by atoms with Gasteiger partial charge in [0.05, 0.1) is 11.6 Å². The molecule has 3 nitrogen and oxygen atoms in total. The van der Waals surface area contributed by atoms with Gasteiger partial charge in [-0.25, -0.2) is 4.98 Å². The van der Waals surface area contributed by atoms with Crippen molar-refractivity contribution in [1.82, 2.24) is 4.98 Å². The summed E-state index contributed by atoms with van der Waals surface area (Å²) in [6, 6.07) is 6.02. The first-order chi connectivity index (χ1) is 6.88. The second kappa shape index (κ2) is 3.93. The third-order valence-electron chi connectivity index (χ3n) is 2.25. The average molecular weight is 185 g/mol. The molecule has 3 heteroatoms. The molecular formula is C11H11N3. The second-order valence-corrected chi connectivity index (χ2v) is 3.33.